The van der Waals surface area contributed by atoms with Gasteiger partial charge >= 0.3 is 5.97 Å². The Labute approximate surface area is 131 Å². The molecule has 4 nitrogen and oxygen atoms in total. The van der Waals surface area contributed by atoms with Crippen molar-refractivity contribution in [2.24, 2.45) is 0 Å². The molecule has 21 heavy (non-hydrogen) atoms. The first-order valence-corrected chi connectivity index (χ1v) is 7.83. The van der Waals surface area contributed by atoms with E-state index in [1.165, 1.54) is 18.4 Å². The summed E-state index contributed by atoms with van der Waals surface area (Å²) in [7, 11) is 1.43. The Bertz CT molecular complexity index is 505. The number of nitrogens with zero attached hydrogens (tertiary/aromatic N) is 1. The molecule has 0 radical (unpaired) electrons. The standard InChI is InChI=1S/C16H22N2O2S/c1-20-15(19)9-3-2-6-11-17-16(21)18-12-10-13-7-4-5-8-14(13)18/h4-5,7-8H,2-3,6,9-12H2,1H3,(H,17,21). The molecule has 0 aliphatic carbocycles. The SMILES string of the molecule is COC(=O)CCCCCNC(=S)N1CCc2ccccc21. The molecule has 1 aliphatic rings. The van der Waals surface area contributed by atoms with E-state index in [1.54, 1.807) is 0 Å². The van der Waals surface area contributed by atoms with E-state index in [2.05, 4.69) is 33.2 Å². The Hall–Kier alpha value is -1.62. The third kappa shape index (κ3) is 4.43. The largest absolute Gasteiger partial charge is 0.469 e. The molecule has 0 aromatic heterocycles. The van der Waals surface area contributed by atoms with Crippen LogP contribution < -0.4 is 10.2 Å². The van der Waals surface area contributed by atoms with E-state index in [-0.39, 0.29) is 5.97 Å². The normalized spacial score (nSPS) is 12.9. The van der Waals surface area contributed by atoms with E-state index in [0.717, 1.165) is 43.9 Å². The molecule has 0 fully saturated rings. The molecule has 1 aromatic rings. The lowest BCUT2D eigenvalue weighted by Crippen LogP contribution is -2.39. The summed E-state index contributed by atoms with van der Waals surface area (Å²) in [6, 6.07) is 8.39. The fourth-order valence-corrected chi connectivity index (χ4v) is 2.80. The average molecular weight is 306 g/mol. The van der Waals surface area contributed by atoms with Crippen LogP contribution in [-0.2, 0) is 16.0 Å². The van der Waals surface area contributed by atoms with Crippen LogP contribution in [0.5, 0.6) is 0 Å². The van der Waals surface area contributed by atoms with E-state index in [4.69, 9.17) is 12.2 Å². The summed E-state index contributed by atoms with van der Waals surface area (Å²) in [4.78, 5) is 13.1. The van der Waals surface area contributed by atoms with Gasteiger partial charge in [-0.2, -0.15) is 0 Å². The van der Waals surface area contributed by atoms with Crippen LogP contribution in [0, 0.1) is 0 Å². The van der Waals surface area contributed by atoms with Crippen molar-refractivity contribution >= 4 is 29.0 Å². The zero-order valence-corrected chi connectivity index (χ0v) is 13.2. The summed E-state index contributed by atoms with van der Waals surface area (Å²) in [5, 5.41) is 4.11. The molecule has 0 atom stereocenters. The van der Waals surface area contributed by atoms with Gasteiger partial charge in [0.2, 0.25) is 0 Å². The Morgan fingerprint density at radius 2 is 2.14 bits per heavy atom. The molecule has 0 saturated heterocycles. The predicted octanol–water partition coefficient (Wildman–Crippen LogP) is 2.66. The van der Waals surface area contributed by atoms with Crippen molar-refractivity contribution in [1.82, 2.24) is 5.32 Å². The second kappa shape index (κ2) is 7.98. The number of rotatable bonds is 6. The average Bonchev–Trinajstić information content (AvgIpc) is 2.94. The van der Waals surface area contributed by atoms with E-state index >= 15 is 0 Å². The van der Waals surface area contributed by atoms with Gasteiger partial charge in [0.1, 0.15) is 0 Å². The van der Waals surface area contributed by atoms with Crippen LogP contribution in [0.2, 0.25) is 0 Å². The van der Waals surface area contributed by atoms with Gasteiger partial charge in [-0.3, -0.25) is 4.79 Å². The van der Waals surface area contributed by atoms with Crippen molar-refractivity contribution in [3.8, 4) is 0 Å². The van der Waals surface area contributed by atoms with Gasteiger partial charge in [-0.25, -0.2) is 0 Å². The van der Waals surface area contributed by atoms with Crippen LogP contribution in [0.15, 0.2) is 24.3 Å². The van der Waals surface area contributed by atoms with Crippen LogP contribution in [0.4, 0.5) is 5.69 Å². The van der Waals surface area contributed by atoms with Gasteiger partial charge in [-0.15, -0.1) is 0 Å². The number of anilines is 1. The molecular formula is C16H22N2O2S. The first-order chi connectivity index (χ1) is 10.2. The Morgan fingerprint density at radius 1 is 1.33 bits per heavy atom. The fourth-order valence-electron chi connectivity index (χ4n) is 2.51. The minimum Gasteiger partial charge on any atom is -0.469 e. The maximum atomic E-state index is 11.0. The number of hydrogen-bond donors (Lipinski definition) is 1. The molecule has 0 bridgehead atoms. The lowest BCUT2D eigenvalue weighted by molar-refractivity contribution is -0.140. The molecule has 0 amide bonds. The van der Waals surface area contributed by atoms with Gasteiger partial charge in [0.15, 0.2) is 5.11 Å². The van der Waals surface area contributed by atoms with E-state index in [9.17, 15) is 4.79 Å². The number of carbonyl (C=O) groups is 1. The highest BCUT2D eigenvalue weighted by Gasteiger charge is 2.21. The van der Waals surface area contributed by atoms with Crippen molar-refractivity contribution in [2.45, 2.75) is 32.1 Å². The minimum atomic E-state index is -0.132. The molecule has 0 unspecified atom stereocenters. The van der Waals surface area contributed by atoms with Gasteiger partial charge in [0.05, 0.1) is 7.11 Å². The molecule has 5 heteroatoms. The molecule has 1 N–H and O–H groups in total. The van der Waals surface area contributed by atoms with Crippen molar-refractivity contribution in [1.29, 1.82) is 0 Å². The Balaban J connectivity index is 1.66. The van der Waals surface area contributed by atoms with Gasteiger partial charge in [-0.1, -0.05) is 24.6 Å². The first kappa shape index (κ1) is 15.8. The minimum absolute atomic E-state index is 0.132. The van der Waals surface area contributed by atoms with Crippen LogP contribution in [0.3, 0.4) is 0 Å². The summed E-state index contributed by atoms with van der Waals surface area (Å²) in [5.74, 6) is -0.132. The summed E-state index contributed by atoms with van der Waals surface area (Å²) in [5.41, 5.74) is 2.58. The summed E-state index contributed by atoms with van der Waals surface area (Å²) in [6.07, 6.45) is 4.43. The first-order valence-electron chi connectivity index (χ1n) is 7.42. The van der Waals surface area contributed by atoms with Gasteiger partial charge in [-0.05, 0) is 43.1 Å². The lowest BCUT2D eigenvalue weighted by atomic mass is 10.2. The number of esters is 1. The number of carbonyl (C=O) groups excluding carboxylic acids is 1. The Morgan fingerprint density at radius 3 is 2.95 bits per heavy atom. The zero-order valence-electron chi connectivity index (χ0n) is 12.4. The van der Waals surface area contributed by atoms with Crippen LogP contribution in [-0.4, -0.2) is 31.3 Å². The highest BCUT2D eigenvalue weighted by molar-refractivity contribution is 7.80. The topological polar surface area (TPSA) is 41.6 Å². The maximum Gasteiger partial charge on any atom is 0.305 e. The maximum absolute atomic E-state index is 11.0. The number of nitrogens with one attached hydrogen (secondary N) is 1. The molecule has 2 rings (SSSR count). The van der Waals surface area contributed by atoms with E-state index in [0.29, 0.717) is 6.42 Å². The summed E-state index contributed by atoms with van der Waals surface area (Å²) >= 11 is 5.47. The second-order valence-corrected chi connectivity index (χ2v) is 5.54. The van der Waals surface area contributed by atoms with Gasteiger partial charge < -0.3 is 15.0 Å². The number of ether oxygens (including phenoxy) is 1. The quantitative estimate of drug-likeness (QED) is 0.497. The van der Waals surface area contributed by atoms with Crippen LogP contribution in [0.1, 0.15) is 31.2 Å². The number of methoxy groups -OCH3 is 1. The number of hydrogen-bond acceptors (Lipinski definition) is 3. The number of fused-ring (bicyclic) bond motifs is 1. The molecular weight excluding hydrogens is 284 g/mol. The van der Waals surface area contributed by atoms with E-state index < -0.39 is 0 Å². The molecule has 0 saturated carbocycles. The number of para-hydroxylation sites is 1. The molecule has 114 valence electrons. The number of benzene rings is 1. The molecule has 0 spiro atoms. The number of thiocarbonyl (C=S) groups is 1. The second-order valence-electron chi connectivity index (χ2n) is 5.15. The van der Waals surface area contributed by atoms with Crippen molar-refractivity contribution in [2.75, 3.05) is 25.1 Å². The van der Waals surface area contributed by atoms with Crippen molar-refractivity contribution in [3.05, 3.63) is 29.8 Å². The Kier molecular flexibility index (Phi) is 5.99. The van der Waals surface area contributed by atoms with Gasteiger partial charge in [0.25, 0.3) is 0 Å². The molecule has 1 aliphatic heterocycles. The zero-order chi connectivity index (χ0) is 15.1. The summed E-state index contributed by atoms with van der Waals surface area (Å²) < 4.78 is 4.61. The third-order valence-corrected chi connectivity index (χ3v) is 4.06. The van der Waals surface area contributed by atoms with Crippen LogP contribution in [0.25, 0.3) is 0 Å². The van der Waals surface area contributed by atoms with Crippen molar-refractivity contribution in [3.63, 3.8) is 0 Å². The molecule has 1 heterocycles. The summed E-state index contributed by atoms with van der Waals surface area (Å²) in [6.45, 7) is 1.80. The number of unbranched alkanes of at least 4 members (excludes halogenated alkanes) is 2. The fraction of sp³-hybridized carbons (Fsp3) is 0.500. The van der Waals surface area contributed by atoms with E-state index in [1.807, 2.05) is 6.07 Å². The highest BCUT2D eigenvalue weighted by Crippen LogP contribution is 2.27. The van der Waals surface area contributed by atoms with Crippen molar-refractivity contribution < 1.29 is 9.53 Å². The predicted molar refractivity (Wildman–Crippen MR) is 88.6 cm³/mol. The smallest absolute Gasteiger partial charge is 0.305 e. The lowest BCUT2D eigenvalue weighted by Gasteiger charge is -2.21. The third-order valence-electron chi connectivity index (χ3n) is 3.69. The van der Waals surface area contributed by atoms with Crippen LogP contribution >= 0.6 is 12.2 Å². The monoisotopic (exact) mass is 306 g/mol. The molecule has 1 aromatic carbocycles. The highest BCUT2D eigenvalue weighted by atomic mass is 32.1. The van der Waals surface area contributed by atoms with Gasteiger partial charge in [0, 0.05) is 25.2 Å².